The van der Waals surface area contributed by atoms with Crippen LogP contribution in [0, 0.1) is 11.8 Å². The second-order valence-corrected chi connectivity index (χ2v) is 6.94. The van der Waals surface area contributed by atoms with Crippen LogP contribution in [0.2, 0.25) is 0 Å². The molecule has 1 saturated carbocycles. The second-order valence-electron chi connectivity index (χ2n) is 6.94. The number of amides is 2. The molecule has 2 fully saturated rings. The molecule has 2 amide bonds. The molecule has 0 spiro atoms. The van der Waals surface area contributed by atoms with E-state index in [1.807, 2.05) is 0 Å². The number of carbonyl (C=O) groups is 2. The number of nitrogens with one attached hydrogen (secondary N) is 3. The third-order valence-corrected chi connectivity index (χ3v) is 4.98. The molecule has 126 valence electrons. The first-order valence-electron chi connectivity index (χ1n) is 8.93. The smallest absolute Gasteiger partial charge is 0.242 e. The molecule has 22 heavy (non-hydrogen) atoms. The first kappa shape index (κ1) is 17.3. The van der Waals surface area contributed by atoms with Crippen LogP contribution in [0.3, 0.4) is 0 Å². The first-order valence-corrected chi connectivity index (χ1v) is 8.93. The van der Waals surface area contributed by atoms with Gasteiger partial charge in [0.25, 0.3) is 0 Å². The molecule has 1 heterocycles. The highest BCUT2D eigenvalue weighted by Crippen LogP contribution is 2.26. The van der Waals surface area contributed by atoms with Crippen molar-refractivity contribution < 1.29 is 9.59 Å². The van der Waals surface area contributed by atoms with Gasteiger partial charge in [0.2, 0.25) is 11.8 Å². The van der Waals surface area contributed by atoms with Crippen molar-refractivity contribution in [1.29, 1.82) is 0 Å². The normalized spacial score (nSPS) is 24.0. The van der Waals surface area contributed by atoms with Gasteiger partial charge in [-0.1, -0.05) is 19.3 Å². The Kier molecular flexibility index (Phi) is 7.16. The Labute approximate surface area is 134 Å². The van der Waals surface area contributed by atoms with Gasteiger partial charge in [-0.05, 0) is 57.5 Å². The molecular weight excluding hydrogens is 278 g/mol. The standard InChI is InChI=1S/C17H31N3O2/c1-13(17(22)19-10-8-15-7-9-18-12-15)20-16(21)11-14-5-3-2-4-6-14/h13-15,18H,2-12H2,1H3,(H,19,22)(H,20,21). The van der Waals surface area contributed by atoms with Gasteiger partial charge in [-0.3, -0.25) is 9.59 Å². The van der Waals surface area contributed by atoms with Crippen molar-refractivity contribution in [3.05, 3.63) is 0 Å². The fourth-order valence-electron chi connectivity index (χ4n) is 3.53. The minimum Gasteiger partial charge on any atom is -0.354 e. The SMILES string of the molecule is CC(NC(=O)CC1CCCCC1)C(=O)NCCC1CCNC1. The van der Waals surface area contributed by atoms with E-state index in [0.717, 1.165) is 32.4 Å². The molecule has 0 aromatic carbocycles. The van der Waals surface area contributed by atoms with E-state index < -0.39 is 6.04 Å². The first-order chi connectivity index (χ1) is 10.6. The van der Waals surface area contributed by atoms with Crippen LogP contribution in [-0.2, 0) is 9.59 Å². The molecule has 3 N–H and O–H groups in total. The highest BCUT2D eigenvalue weighted by Gasteiger charge is 2.21. The maximum Gasteiger partial charge on any atom is 0.242 e. The van der Waals surface area contributed by atoms with Gasteiger partial charge in [-0.25, -0.2) is 0 Å². The maximum atomic E-state index is 12.0. The molecule has 1 aliphatic carbocycles. The molecule has 0 bridgehead atoms. The lowest BCUT2D eigenvalue weighted by atomic mass is 9.87. The molecule has 2 atom stereocenters. The molecule has 2 aliphatic rings. The van der Waals surface area contributed by atoms with Gasteiger partial charge in [-0.15, -0.1) is 0 Å². The van der Waals surface area contributed by atoms with Gasteiger partial charge < -0.3 is 16.0 Å². The zero-order chi connectivity index (χ0) is 15.8. The van der Waals surface area contributed by atoms with E-state index in [4.69, 9.17) is 0 Å². The van der Waals surface area contributed by atoms with Crippen LogP contribution in [-0.4, -0.2) is 37.5 Å². The van der Waals surface area contributed by atoms with E-state index in [2.05, 4.69) is 16.0 Å². The molecular formula is C17H31N3O2. The van der Waals surface area contributed by atoms with Crippen molar-refractivity contribution in [3.63, 3.8) is 0 Å². The number of hydrogen-bond donors (Lipinski definition) is 3. The fraction of sp³-hybridized carbons (Fsp3) is 0.882. The van der Waals surface area contributed by atoms with Gasteiger partial charge in [0.05, 0.1) is 0 Å². The fourth-order valence-corrected chi connectivity index (χ4v) is 3.53. The quantitative estimate of drug-likeness (QED) is 0.669. The van der Waals surface area contributed by atoms with Crippen molar-refractivity contribution in [2.24, 2.45) is 11.8 Å². The molecule has 0 aromatic heterocycles. The minimum absolute atomic E-state index is 0.0227. The van der Waals surface area contributed by atoms with Gasteiger partial charge >= 0.3 is 0 Å². The van der Waals surface area contributed by atoms with Crippen molar-refractivity contribution in [2.75, 3.05) is 19.6 Å². The second kappa shape index (κ2) is 9.13. The third-order valence-electron chi connectivity index (χ3n) is 4.98. The lowest BCUT2D eigenvalue weighted by Crippen LogP contribution is -2.45. The van der Waals surface area contributed by atoms with Crippen LogP contribution in [0.5, 0.6) is 0 Å². The summed E-state index contributed by atoms with van der Waals surface area (Å²) in [6, 6.07) is -0.433. The van der Waals surface area contributed by atoms with Crippen molar-refractivity contribution in [2.45, 2.75) is 64.3 Å². The molecule has 0 radical (unpaired) electrons. The number of carbonyl (C=O) groups excluding carboxylic acids is 2. The van der Waals surface area contributed by atoms with Crippen LogP contribution in [0.15, 0.2) is 0 Å². The summed E-state index contributed by atoms with van der Waals surface area (Å²) in [4.78, 5) is 24.0. The molecule has 2 unspecified atom stereocenters. The van der Waals surface area contributed by atoms with Crippen molar-refractivity contribution >= 4 is 11.8 Å². The summed E-state index contributed by atoms with van der Waals surface area (Å²) in [6.45, 7) is 4.62. The summed E-state index contributed by atoms with van der Waals surface area (Å²) in [5, 5.41) is 9.11. The van der Waals surface area contributed by atoms with E-state index in [9.17, 15) is 9.59 Å². The largest absolute Gasteiger partial charge is 0.354 e. The summed E-state index contributed by atoms with van der Waals surface area (Å²) in [5.41, 5.74) is 0. The van der Waals surface area contributed by atoms with Crippen LogP contribution < -0.4 is 16.0 Å². The Balaban J connectivity index is 1.59. The molecule has 0 aromatic rings. The Hall–Kier alpha value is -1.10. The van der Waals surface area contributed by atoms with Crippen molar-refractivity contribution in [1.82, 2.24) is 16.0 Å². The van der Waals surface area contributed by atoms with Crippen molar-refractivity contribution in [3.8, 4) is 0 Å². The average molecular weight is 309 g/mol. The van der Waals surface area contributed by atoms with E-state index in [0.29, 0.717) is 24.8 Å². The summed E-state index contributed by atoms with van der Waals surface area (Å²) in [7, 11) is 0. The highest BCUT2D eigenvalue weighted by molar-refractivity contribution is 5.87. The zero-order valence-electron chi connectivity index (χ0n) is 13.8. The summed E-state index contributed by atoms with van der Waals surface area (Å²) in [6.07, 6.45) is 8.88. The summed E-state index contributed by atoms with van der Waals surface area (Å²) >= 11 is 0. The predicted molar refractivity (Wildman–Crippen MR) is 87.4 cm³/mol. The maximum absolute atomic E-state index is 12.0. The lowest BCUT2D eigenvalue weighted by molar-refractivity contribution is -0.129. The monoisotopic (exact) mass is 309 g/mol. The topological polar surface area (TPSA) is 70.2 Å². The molecule has 1 aliphatic heterocycles. The Bertz CT molecular complexity index is 361. The van der Waals surface area contributed by atoms with E-state index >= 15 is 0 Å². The van der Waals surface area contributed by atoms with Crippen LogP contribution >= 0.6 is 0 Å². The van der Waals surface area contributed by atoms with Crippen LogP contribution in [0.25, 0.3) is 0 Å². The number of rotatable bonds is 7. The van der Waals surface area contributed by atoms with E-state index in [-0.39, 0.29) is 11.8 Å². The van der Waals surface area contributed by atoms with Gasteiger partial charge in [-0.2, -0.15) is 0 Å². The molecule has 5 nitrogen and oxygen atoms in total. The molecule has 5 heteroatoms. The zero-order valence-corrected chi connectivity index (χ0v) is 13.8. The van der Waals surface area contributed by atoms with Crippen LogP contribution in [0.1, 0.15) is 58.3 Å². The Morgan fingerprint density at radius 2 is 1.91 bits per heavy atom. The Morgan fingerprint density at radius 3 is 2.59 bits per heavy atom. The minimum atomic E-state index is -0.433. The highest BCUT2D eigenvalue weighted by atomic mass is 16.2. The summed E-state index contributed by atoms with van der Waals surface area (Å²) < 4.78 is 0. The average Bonchev–Trinajstić information content (AvgIpc) is 3.01. The number of hydrogen-bond acceptors (Lipinski definition) is 3. The van der Waals surface area contributed by atoms with Gasteiger partial charge in [0.1, 0.15) is 6.04 Å². The summed E-state index contributed by atoms with van der Waals surface area (Å²) in [5.74, 6) is 1.15. The van der Waals surface area contributed by atoms with Gasteiger partial charge in [0, 0.05) is 13.0 Å². The Morgan fingerprint density at radius 1 is 1.14 bits per heavy atom. The van der Waals surface area contributed by atoms with E-state index in [1.54, 1.807) is 6.92 Å². The van der Waals surface area contributed by atoms with Gasteiger partial charge in [0.15, 0.2) is 0 Å². The molecule has 1 saturated heterocycles. The van der Waals surface area contributed by atoms with Crippen LogP contribution in [0.4, 0.5) is 0 Å². The molecule has 2 rings (SSSR count). The third kappa shape index (κ3) is 5.95. The lowest BCUT2D eigenvalue weighted by Gasteiger charge is -2.22. The van der Waals surface area contributed by atoms with E-state index in [1.165, 1.54) is 25.7 Å². The predicted octanol–water partition coefficient (Wildman–Crippen LogP) is 1.58.